The second-order valence-electron chi connectivity index (χ2n) is 5.71. The van der Waals surface area contributed by atoms with Gasteiger partial charge in [0, 0.05) is 31.3 Å². The summed E-state index contributed by atoms with van der Waals surface area (Å²) in [5.41, 5.74) is 8.67. The van der Waals surface area contributed by atoms with Crippen molar-refractivity contribution in [2.24, 2.45) is 11.7 Å². The minimum absolute atomic E-state index is 0.0287. The maximum absolute atomic E-state index is 6.14. The minimum Gasteiger partial charge on any atom is -0.381 e. The Hall–Kier alpha value is -1.06. The van der Waals surface area contributed by atoms with E-state index >= 15 is 0 Å². The lowest BCUT2D eigenvalue weighted by molar-refractivity contribution is 0.165. The summed E-state index contributed by atoms with van der Waals surface area (Å²) in [6.07, 6.45) is 1.11. The molecule has 2 atom stereocenters. The Balaban J connectivity index is 2.32. The number of nitrogens with two attached hydrogens (primary N) is 1. The monoisotopic (exact) mass is 262 g/mol. The highest BCUT2D eigenvalue weighted by Gasteiger charge is 2.40. The molecule has 1 fully saturated rings. The Morgan fingerprint density at radius 3 is 2.79 bits per heavy atom. The van der Waals surface area contributed by atoms with E-state index < -0.39 is 0 Å². The Morgan fingerprint density at radius 2 is 2.26 bits per heavy atom. The van der Waals surface area contributed by atoms with E-state index in [9.17, 15) is 0 Å². The van der Waals surface area contributed by atoms with E-state index in [0.717, 1.165) is 26.2 Å². The first-order valence-corrected chi connectivity index (χ1v) is 7.24. The van der Waals surface area contributed by atoms with Crippen LogP contribution in [-0.4, -0.2) is 31.8 Å². The van der Waals surface area contributed by atoms with Crippen LogP contribution in [0, 0.1) is 12.8 Å². The van der Waals surface area contributed by atoms with E-state index in [2.05, 4.69) is 49.9 Å². The quantitative estimate of drug-likeness (QED) is 0.886. The summed E-state index contributed by atoms with van der Waals surface area (Å²) in [5.74, 6) is 0.512. The molecule has 19 heavy (non-hydrogen) atoms. The number of benzene rings is 1. The van der Waals surface area contributed by atoms with Gasteiger partial charge in [0.25, 0.3) is 0 Å². The fourth-order valence-electron chi connectivity index (χ4n) is 3.16. The normalized spacial score (nSPS) is 22.2. The molecule has 3 nitrogen and oxygen atoms in total. The first kappa shape index (κ1) is 14.4. The van der Waals surface area contributed by atoms with Crippen LogP contribution in [0.3, 0.4) is 0 Å². The molecule has 106 valence electrons. The SMILES string of the molecule is CCN(c1cccc(C)c1)C(C)(CN)C1CCOC1. The number of anilines is 1. The van der Waals surface area contributed by atoms with Gasteiger partial charge in [-0.05, 0) is 44.9 Å². The average Bonchev–Trinajstić information content (AvgIpc) is 2.94. The molecular weight excluding hydrogens is 236 g/mol. The first-order valence-electron chi connectivity index (χ1n) is 7.24. The molecule has 0 amide bonds. The Morgan fingerprint density at radius 1 is 1.47 bits per heavy atom. The van der Waals surface area contributed by atoms with Crippen LogP contribution >= 0.6 is 0 Å². The van der Waals surface area contributed by atoms with E-state index in [1.54, 1.807) is 0 Å². The lowest BCUT2D eigenvalue weighted by Crippen LogP contribution is -2.57. The highest BCUT2D eigenvalue weighted by Crippen LogP contribution is 2.34. The van der Waals surface area contributed by atoms with E-state index in [1.165, 1.54) is 11.3 Å². The second-order valence-corrected chi connectivity index (χ2v) is 5.71. The molecule has 1 aliphatic heterocycles. The zero-order chi connectivity index (χ0) is 13.9. The third-order valence-electron chi connectivity index (χ3n) is 4.47. The molecule has 0 aliphatic carbocycles. The molecule has 0 radical (unpaired) electrons. The van der Waals surface area contributed by atoms with Gasteiger partial charge in [-0.15, -0.1) is 0 Å². The molecule has 3 heteroatoms. The summed E-state index contributed by atoms with van der Waals surface area (Å²) < 4.78 is 5.58. The van der Waals surface area contributed by atoms with Crippen molar-refractivity contribution in [2.45, 2.75) is 32.7 Å². The summed E-state index contributed by atoms with van der Waals surface area (Å²) in [6, 6.07) is 8.68. The van der Waals surface area contributed by atoms with Gasteiger partial charge in [0.05, 0.1) is 12.1 Å². The maximum atomic E-state index is 6.14. The van der Waals surface area contributed by atoms with Crippen molar-refractivity contribution in [3.63, 3.8) is 0 Å². The van der Waals surface area contributed by atoms with Crippen LogP contribution in [0.25, 0.3) is 0 Å². The summed E-state index contributed by atoms with van der Waals surface area (Å²) in [6.45, 7) is 9.93. The van der Waals surface area contributed by atoms with Crippen LogP contribution in [0.1, 0.15) is 25.8 Å². The molecule has 2 N–H and O–H groups in total. The fourth-order valence-corrected chi connectivity index (χ4v) is 3.16. The molecule has 0 bridgehead atoms. The molecule has 0 aromatic heterocycles. The van der Waals surface area contributed by atoms with Crippen molar-refractivity contribution in [2.75, 3.05) is 31.2 Å². The molecule has 1 aromatic rings. The number of hydrogen-bond acceptors (Lipinski definition) is 3. The van der Waals surface area contributed by atoms with Gasteiger partial charge >= 0.3 is 0 Å². The maximum Gasteiger partial charge on any atom is 0.0546 e. The van der Waals surface area contributed by atoms with E-state index in [0.29, 0.717) is 12.5 Å². The molecule has 0 spiro atoms. The average molecular weight is 262 g/mol. The van der Waals surface area contributed by atoms with Gasteiger partial charge in [-0.25, -0.2) is 0 Å². The molecule has 0 saturated carbocycles. The summed E-state index contributed by atoms with van der Waals surface area (Å²) in [4.78, 5) is 2.44. The second kappa shape index (κ2) is 5.93. The van der Waals surface area contributed by atoms with Crippen molar-refractivity contribution in [3.05, 3.63) is 29.8 Å². The number of nitrogens with zero attached hydrogens (tertiary/aromatic N) is 1. The smallest absolute Gasteiger partial charge is 0.0546 e. The number of likely N-dealkylation sites (N-methyl/N-ethyl adjacent to an activating group) is 1. The van der Waals surface area contributed by atoms with Crippen molar-refractivity contribution in [1.82, 2.24) is 0 Å². The predicted molar refractivity (Wildman–Crippen MR) is 80.6 cm³/mol. The molecular formula is C16H26N2O. The van der Waals surface area contributed by atoms with Crippen LogP contribution < -0.4 is 10.6 Å². The van der Waals surface area contributed by atoms with E-state index in [-0.39, 0.29) is 5.54 Å². The summed E-state index contributed by atoms with van der Waals surface area (Å²) in [7, 11) is 0. The third kappa shape index (κ3) is 2.77. The molecule has 1 heterocycles. The summed E-state index contributed by atoms with van der Waals surface area (Å²) >= 11 is 0. The molecule has 1 saturated heterocycles. The topological polar surface area (TPSA) is 38.5 Å². The molecule has 1 aromatic carbocycles. The number of rotatable bonds is 5. The number of hydrogen-bond donors (Lipinski definition) is 1. The van der Waals surface area contributed by atoms with E-state index in [1.807, 2.05) is 0 Å². The first-order chi connectivity index (χ1) is 9.11. The van der Waals surface area contributed by atoms with Crippen LogP contribution in [-0.2, 0) is 4.74 Å². The van der Waals surface area contributed by atoms with Crippen molar-refractivity contribution < 1.29 is 4.74 Å². The standard InChI is InChI=1S/C16H26N2O/c1-4-18(15-7-5-6-13(2)10-15)16(3,12-17)14-8-9-19-11-14/h5-7,10,14H,4,8-9,11-12,17H2,1-3H3. The number of ether oxygens (including phenoxy) is 1. The van der Waals surface area contributed by atoms with Gasteiger partial charge in [-0.1, -0.05) is 12.1 Å². The van der Waals surface area contributed by atoms with Gasteiger partial charge in [0.15, 0.2) is 0 Å². The third-order valence-corrected chi connectivity index (χ3v) is 4.47. The van der Waals surface area contributed by atoms with Crippen molar-refractivity contribution >= 4 is 5.69 Å². The van der Waals surface area contributed by atoms with Crippen LogP contribution in [0.15, 0.2) is 24.3 Å². The lowest BCUT2D eigenvalue weighted by atomic mass is 9.82. The van der Waals surface area contributed by atoms with Crippen molar-refractivity contribution in [3.8, 4) is 0 Å². The fraction of sp³-hybridized carbons (Fsp3) is 0.625. The van der Waals surface area contributed by atoms with Gasteiger partial charge in [0.2, 0.25) is 0 Å². The molecule has 2 unspecified atom stereocenters. The highest BCUT2D eigenvalue weighted by molar-refractivity contribution is 5.51. The Kier molecular flexibility index (Phi) is 4.48. The number of aryl methyl sites for hydroxylation is 1. The Labute approximate surface area is 116 Å². The predicted octanol–water partition coefficient (Wildman–Crippen LogP) is 2.58. The summed E-state index contributed by atoms with van der Waals surface area (Å²) in [5, 5.41) is 0. The van der Waals surface area contributed by atoms with Gasteiger partial charge in [0.1, 0.15) is 0 Å². The van der Waals surface area contributed by atoms with Gasteiger partial charge in [-0.2, -0.15) is 0 Å². The largest absolute Gasteiger partial charge is 0.381 e. The molecule has 2 rings (SSSR count). The van der Waals surface area contributed by atoms with E-state index in [4.69, 9.17) is 10.5 Å². The van der Waals surface area contributed by atoms with Gasteiger partial charge < -0.3 is 15.4 Å². The minimum atomic E-state index is -0.0287. The Bertz CT molecular complexity index is 415. The molecule has 1 aliphatic rings. The van der Waals surface area contributed by atoms with Crippen molar-refractivity contribution in [1.29, 1.82) is 0 Å². The zero-order valence-electron chi connectivity index (χ0n) is 12.4. The van der Waals surface area contributed by atoms with Crippen LogP contribution in [0.2, 0.25) is 0 Å². The van der Waals surface area contributed by atoms with Crippen LogP contribution in [0.4, 0.5) is 5.69 Å². The van der Waals surface area contributed by atoms with Crippen LogP contribution in [0.5, 0.6) is 0 Å². The van der Waals surface area contributed by atoms with Gasteiger partial charge in [-0.3, -0.25) is 0 Å². The zero-order valence-corrected chi connectivity index (χ0v) is 12.4. The highest BCUT2D eigenvalue weighted by atomic mass is 16.5. The lowest BCUT2D eigenvalue weighted by Gasteiger charge is -2.45.